The highest BCUT2D eigenvalue weighted by Crippen LogP contribution is 2.42. The number of carbonyl (C=O) groups excluding carboxylic acids is 1. The number of ether oxygens (including phenoxy) is 2. The fraction of sp³-hybridized carbons (Fsp3) is 0.406. The number of benzene rings is 1. The number of carboxylic acid groups (broad SMARTS) is 1. The zero-order valence-corrected chi connectivity index (χ0v) is 28.7. The molecule has 1 unspecified atom stereocenters. The topological polar surface area (TPSA) is 201 Å². The molecular weight excluding hydrogens is 675 g/mol. The van der Waals surface area contributed by atoms with Crippen LogP contribution in [-0.4, -0.2) is 104 Å². The Bertz CT molecular complexity index is 1930. The maximum atomic E-state index is 13.6. The normalized spacial score (nSPS) is 16.9. The van der Waals surface area contributed by atoms with Crippen molar-refractivity contribution in [1.29, 1.82) is 0 Å². The van der Waals surface area contributed by atoms with E-state index in [1.54, 1.807) is 61.0 Å². The molecule has 0 bridgehead atoms. The van der Waals surface area contributed by atoms with E-state index in [2.05, 4.69) is 15.3 Å². The number of rotatable bonds is 16. The van der Waals surface area contributed by atoms with Crippen LogP contribution in [0.4, 0.5) is 0 Å². The van der Waals surface area contributed by atoms with Crippen LogP contribution < -0.4 is 16.7 Å². The number of carbonyl (C=O) groups is 2. The third-order valence-corrected chi connectivity index (χ3v) is 11.4. The van der Waals surface area contributed by atoms with Crippen LogP contribution in [0.25, 0.3) is 16.9 Å². The van der Waals surface area contributed by atoms with Gasteiger partial charge in [0, 0.05) is 36.3 Å². The van der Waals surface area contributed by atoms with Crippen molar-refractivity contribution in [1.82, 2.24) is 28.7 Å². The zero-order valence-electron chi connectivity index (χ0n) is 27.1. The highest BCUT2D eigenvalue weighted by Gasteiger charge is 2.51. The molecule has 3 aromatic heterocycles. The summed E-state index contributed by atoms with van der Waals surface area (Å²) in [5.74, 6) is -1.98. The highest BCUT2D eigenvalue weighted by molar-refractivity contribution is 8.02. The van der Waals surface area contributed by atoms with Crippen molar-refractivity contribution >= 4 is 44.8 Å². The van der Waals surface area contributed by atoms with E-state index in [1.807, 2.05) is 0 Å². The number of fused-ring (bicyclic) bond motifs is 1. The van der Waals surface area contributed by atoms with Crippen LogP contribution in [0, 0.1) is 0 Å². The molecule has 0 spiro atoms. The number of imidazole rings is 1. The molecule has 1 aromatic carbocycles. The summed E-state index contributed by atoms with van der Waals surface area (Å²) in [7, 11) is -4.09. The van der Waals surface area contributed by atoms with E-state index in [1.165, 1.54) is 40.9 Å². The predicted octanol–water partition coefficient (Wildman–Crippen LogP) is 1.23. The molecule has 1 aliphatic rings. The Kier molecular flexibility index (Phi) is 11.5. The summed E-state index contributed by atoms with van der Waals surface area (Å²) in [6.07, 6.45) is 4.17. The monoisotopic (exact) mass is 713 g/mol. The first kappa shape index (κ1) is 36.2. The first-order valence-electron chi connectivity index (χ1n) is 15.6. The van der Waals surface area contributed by atoms with Crippen LogP contribution in [0.5, 0.6) is 0 Å². The van der Waals surface area contributed by atoms with Crippen LogP contribution >= 0.6 is 11.8 Å². The molecule has 262 valence electrons. The van der Waals surface area contributed by atoms with Gasteiger partial charge in [0.2, 0.25) is 15.9 Å². The Morgan fingerprint density at radius 3 is 2.47 bits per heavy atom. The van der Waals surface area contributed by atoms with Crippen molar-refractivity contribution in [2.24, 2.45) is 5.73 Å². The van der Waals surface area contributed by atoms with Crippen LogP contribution in [-0.2, 0) is 42.1 Å². The predicted molar refractivity (Wildman–Crippen MR) is 183 cm³/mol. The van der Waals surface area contributed by atoms with Gasteiger partial charge in [-0.2, -0.15) is 4.31 Å². The fourth-order valence-corrected chi connectivity index (χ4v) is 8.72. The average Bonchev–Trinajstić information content (AvgIpc) is 3.57. The van der Waals surface area contributed by atoms with Gasteiger partial charge in [0.05, 0.1) is 50.1 Å². The lowest BCUT2D eigenvalue weighted by molar-refractivity contribution is -0.142. The second-order valence-electron chi connectivity index (χ2n) is 11.8. The SMILES string of the molecule is CC1(C)SCN(S(=O)(=O)c2cccnc2)C1C(=O)N[C@@H](Cc1ccc(-n2c(=O)n(CCOCCOCCN)c3cccnc32)cc1)C(=O)O. The van der Waals surface area contributed by atoms with Gasteiger partial charge in [-0.15, -0.1) is 11.8 Å². The Morgan fingerprint density at radius 2 is 1.80 bits per heavy atom. The number of hydrogen-bond acceptors (Lipinski definition) is 11. The van der Waals surface area contributed by atoms with E-state index in [0.29, 0.717) is 55.3 Å². The molecule has 1 saturated heterocycles. The van der Waals surface area contributed by atoms with Gasteiger partial charge >= 0.3 is 11.7 Å². The van der Waals surface area contributed by atoms with E-state index >= 15 is 0 Å². The molecule has 1 amide bonds. The number of aliphatic carboxylic acids is 1. The largest absolute Gasteiger partial charge is 0.480 e. The van der Waals surface area contributed by atoms with Crippen LogP contribution in [0.3, 0.4) is 0 Å². The van der Waals surface area contributed by atoms with Crippen molar-refractivity contribution in [3.05, 3.63) is 83.2 Å². The van der Waals surface area contributed by atoms with Crippen molar-refractivity contribution in [2.45, 2.75) is 48.5 Å². The number of aromatic nitrogens is 4. The van der Waals surface area contributed by atoms with Gasteiger partial charge in [-0.3, -0.25) is 14.3 Å². The maximum Gasteiger partial charge on any atom is 0.335 e. The molecule has 15 nitrogen and oxygen atoms in total. The molecule has 0 saturated carbocycles. The Morgan fingerprint density at radius 1 is 1.08 bits per heavy atom. The maximum absolute atomic E-state index is 13.6. The molecule has 1 aliphatic heterocycles. The van der Waals surface area contributed by atoms with Gasteiger partial charge in [0.25, 0.3) is 0 Å². The number of nitrogens with two attached hydrogens (primary N) is 1. The summed E-state index contributed by atoms with van der Waals surface area (Å²) >= 11 is 1.28. The summed E-state index contributed by atoms with van der Waals surface area (Å²) < 4.78 is 41.1. The quantitative estimate of drug-likeness (QED) is 0.141. The molecule has 5 rings (SSSR count). The Balaban J connectivity index is 1.31. The number of nitrogens with zero attached hydrogens (tertiary/aromatic N) is 5. The van der Waals surface area contributed by atoms with Crippen LogP contribution in [0.2, 0.25) is 0 Å². The van der Waals surface area contributed by atoms with Crippen molar-refractivity contribution in [3.8, 4) is 5.69 Å². The number of pyridine rings is 2. The van der Waals surface area contributed by atoms with Gasteiger partial charge in [-0.25, -0.2) is 27.6 Å². The lowest BCUT2D eigenvalue weighted by Gasteiger charge is -2.30. The van der Waals surface area contributed by atoms with E-state index in [9.17, 15) is 27.9 Å². The minimum Gasteiger partial charge on any atom is -0.480 e. The lowest BCUT2D eigenvalue weighted by atomic mass is 10.0. The van der Waals surface area contributed by atoms with Gasteiger partial charge < -0.3 is 25.6 Å². The molecule has 49 heavy (non-hydrogen) atoms. The van der Waals surface area contributed by atoms with Gasteiger partial charge in [0.15, 0.2) is 5.65 Å². The minimum absolute atomic E-state index is 0.0172. The van der Waals surface area contributed by atoms with E-state index in [-0.39, 0.29) is 29.5 Å². The molecule has 4 aromatic rings. The lowest BCUT2D eigenvalue weighted by Crippen LogP contribution is -2.56. The van der Waals surface area contributed by atoms with Crippen molar-refractivity contribution < 1.29 is 32.6 Å². The standard InChI is InChI=1S/C32H39N7O8S2/c1-32(2)27(38(21-48-32)49(44,45)24-5-3-12-34-20-24)29(40)36-25(30(41)42)19-22-7-9-23(10-8-22)39-28-26(6-4-13-35-28)37(31(39)43)14-16-47-18-17-46-15-11-33/h3-10,12-13,20,25,27H,11,14-19,21,33H2,1-2H3,(H,36,40)(H,41,42)/t25-,27?/m0/s1. The van der Waals surface area contributed by atoms with Crippen LogP contribution in [0.1, 0.15) is 19.4 Å². The first-order chi connectivity index (χ1) is 23.5. The second-order valence-corrected chi connectivity index (χ2v) is 15.2. The number of sulfonamides is 1. The van der Waals surface area contributed by atoms with E-state index in [0.717, 1.165) is 4.31 Å². The summed E-state index contributed by atoms with van der Waals surface area (Å²) in [6.45, 7) is 5.71. The summed E-state index contributed by atoms with van der Waals surface area (Å²) in [4.78, 5) is 47.8. The number of hydrogen-bond donors (Lipinski definition) is 3. The third-order valence-electron chi connectivity index (χ3n) is 8.03. The van der Waals surface area contributed by atoms with Gasteiger partial charge in [0.1, 0.15) is 17.0 Å². The molecular formula is C32H39N7O8S2. The second kappa shape index (κ2) is 15.6. The van der Waals surface area contributed by atoms with Crippen LogP contribution in [0.15, 0.2) is 76.8 Å². The smallest absolute Gasteiger partial charge is 0.335 e. The Hall–Kier alpha value is -4.13. The molecule has 0 aliphatic carbocycles. The summed E-state index contributed by atoms with van der Waals surface area (Å²) in [5.41, 5.74) is 7.26. The summed E-state index contributed by atoms with van der Waals surface area (Å²) in [5, 5.41) is 12.6. The molecule has 1 fully saturated rings. The number of amides is 1. The number of carboxylic acids is 1. The average molecular weight is 714 g/mol. The molecule has 4 heterocycles. The minimum atomic E-state index is -4.09. The van der Waals surface area contributed by atoms with Crippen molar-refractivity contribution in [2.75, 3.05) is 38.8 Å². The Labute approximate surface area is 287 Å². The van der Waals surface area contributed by atoms with E-state index < -0.39 is 38.7 Å². The number of nitrogens with one attached hydrogen (secondary N) is 1. The summed E-state index contributed by atoms with van der Waals surface area (Å²) in [6, 6.07) is 10.6. The highest BCUT2D eigenvalue weighted by atomic mass is 32.2. The zero-order chi connectivity index (χ0) is 35.2. The van der Waals surface area contributed by atoms with Crippen molar-refractivity contribution in [3.63, 3.8) is 0 Å². The van der Waals surface area contributed by atoms with Gasteiger partial charge in [-0.1, -0.05) is 12.1 Å². The molecule has 17 heteroatoms. The molecule has 0 radical (unpaired) electrons. The molecule has 4 N–H and O–H groups in total. The van der Waals surface area contributed by atoms with E-state index in [4.69, 9.17) is 15.2 Å². The van der Waals surface area contributed by atoms with Gasteiger partial charge in [-0.05, 0) is 55.8 Å². The first-order valence-corrected chi connectivity index (χ1v) is 18.0. The number of thioether (sulfide) groups is 1. The fourth-order valence-electron chi connectivity index (χ4n) is 5.58. The third kappa shape index (κ3) is 8.03. The molecule has 2 atom stereocenters.